The summed E-state index contributed by atoms with van der Waals surface area (Å²) >= 11 is 0. The SMILES string of the molecule is CCC(C)NC(=O)c1ccnc(N(CC)Cc2ccccc2)n1. The van der Waals surface area contributed by atoms with Gasteiger partial charge in [0.25, 0.3) is 5.91 Å². The van der Waals surface area contributed by atoms with Crippen molar-refractivity contribution < 1.29 is 4.79 Å². The summed E-state index contributed by atoms with van der Waals surface area (Å²) in [6.45, 7) is 7.56. The van der Waals surface area contributed by atoms with Crippen LogP contribution in [0, 0.1) is 0 Å². The van der Waals surface area contributed by atoms with Crippen molar-refractivity contribution in [3.8, 4) is 0 Å². The van der Waals surface area contributed by atoms with Crippen LogP contribution in [0.25, 0.3) is 0 Å². The minimum Gasteiger partial charge on any atom is -0.348 e. The third-order valence-corrected chi connectivity index (χ3v) is 3.75. The predicted molar refractivity (Wildman–Crippen MR) is 92.4 cm³/mol. The molecule has 2 aromatic rings. The summed E-state index contributed by atoms with van der Waals surface area (Å²) < 4.78 is 0. The van der Waals surface area contributed by atoms with Crippen LogP contribution in [0.5, 0.6) is 0 Å². The van der Waals surface area contributed by atoms with E-state index in [0.29, 0.717) is 18.2 Å². The molecule has 0 aliphatic carbocycles. The van der Waals surface area contributed by atoms with Gasteiger partial charge in [0.15, 0.2) is 0 Å². The molecular formula is C18H24N4O. The van der Waals surface area contributed by atoms with Crippen molar-refractivity contribution in [2.24, 2.45) is 0 Å². The van der Waals surface area contributed by atoms with Gasteiger partial charge in [-0.3, -0.25) is 4.79 Å². The zero-order valence-corrected chi connectivity index (χ0v) is 14.0. The second-order valence-electron chi connectivity index (χ2n) is 5.52. The van der Waals surface area contributed by atoms with Gasteiger partial charge in [-0.25, -0.2) is 9.97 Å². The molecule has 1 aromatic carbocycles. The number of amides is 1. The van der Waals surface area contributed by atoms with Gasteiger partial charge in [0, 0.05) is 25.3 Å². The molecular weight excluding hydrogens is 288 g/mol. The van der Waals surface area contributed by atoms with Crippen molar-refractivity contribution in [2.75, 3.05) is 11.4 Å². The van der Waals surface area contributed by atoms with Gasteiger partial charge < -0.3 is 10.2 Å². The van der Waals surface area contributed by atoms with E-state index in [1.54, 1.807) is 12.3 Å². The van der Waals surface area contributed by atoms with Crippen molar-refractivity contribution in [3.05, 3.63) is 53.9 Å². The summed E-state index contributed by atoms with van der Waals surface area (Å²) in [5, 5.41) is 2.93. The lowest BCUT2D eigenvalue weighted by molar-refractivity contribution is 0.0934. The lowest BCUT2D eigenvalue weighted by atomic mass is 10.2. The topological polar surface area (TPSA) is 58.1 Å². The number of hydrogen-bond acceptors (Lipinski definition) is 4. The summed E-state index contributed by atoms with van der Waals surface area (Å²) in [6, 6.07) is 11.9. The fourth-order valence-corrected chi connectivity index (χ4v) is 2.15. The van der Waals surface area contributed by atoms with Crippen molar-refractivity contribution in [2.45, 2.75) is 39.8 Å². The summed E-state index contributed by atoms with van der Waals surface area (Å²) in [4.78, 5) is 23.0. The highest BCUT2D eigenvalue weighted by molar-refractivity contribution is 5.92. The molecule has 2 rings (SSSR count). The van der Waals surface area contributed by atoms with Crippen LogP contribution in [0.15, 0.2) is 42.6 Å². The molecule has 1 heterocycles. The van der Waals surface area contributed by atoms with Crippen LogP contribution >= 0.6 is 0 Å². The second kappa shape index (κ2) is 8.27. The Morgan fingerprint density at radius 2 is 1.96 bits per heavy atom. The van der Waals surface area contributed by atoms with Crippen LogP contribution in [0.2, 0.25) is 0 Å². The number of rotatable bonds is 7. The van der Waals surface area contributed by atoms with Crippen LogP contribution in [-0.2, 0) is 6.54 Å². The summed E-state index contributed by atoms with van der Waals surface area (Å²) in [7, 11) is 0. The first-order chi connectivity index (χ1) is 11.1. The average molecular weight is 312 g/mol. The smallest absolute Gasteiger partial charge is 0.270 e. The van der Waals surface area contributed by atoms with Crippen LogP contribution in [0.3, 0.4) is 0 Å². The van der Waals surface area contributed by atoms with Crippen molar-refractivity contribution in [3.63, 3.8) is 0 Å². The largest absolute Gasteiger partial charge is 0.348 e. The van der Waals surface area contributed by atoms with Crippen LogP contribution in [-0.4, -0.2) is 28.5 Å². The molecule has 1 unspecified atom stereocenters. The van der Waals surface area contributed by atoms with Gasteiger partial charge in [0.05, 0.1) is 0 Å². The van der Waals surface area contributed by atoms with Gasteiger partial charge in [0.2, 0.25) is 5.95 Å². The molecule has 0 bridgehead atoms. The maximum Gasteiger partial charge on any atom is 0.270 e. The van der Waals surface area contributed by atoms with Crippen LogP contribution in [0.4, 0.5) is 5.95 Å². The number of anilines is 1. The Labute approximate surface area is 137 Å². The molecule has 1 aromatic heterocycles. The van der Waals surface area contributed by atoms with Crippen molar-refractivity contribution >= 4 is 11.9 Å². The fraction of sp³-hybridized carbons (Fsp3) is 0.389. The molecule has 0 spiro atoms. The van der Waals surface area contributed by atoms with E-state index in [1.165, 1.54) is 5.56 Å². The molecule has 1 atom stereocenters. The molecule has 1 N–H and O–H groups in total. The van der Waals surface area contributed by atoms with E-state index in [4.69, 9.17) is 0 Å². The number of nitrogens with one attached hydrogen (secondary N) is 1. The third-order valence-electron chi connectivity index (χ3n) is 3.75. The van der Waals surface area contributed by atoms with Gasteiger partial charge in [-0.05, 0) is 31.9 Å². The quantitative estimate of drug-likeness (QED) is 0.854. The Bertz CT molecular complexity index is 630. The summed E-state index contributed by atoms with van der Waals surface area (Å²) in [5.41, 5.74) is 1.59. The van der Waals surface area contributed by atoms with Gasteiger partial charge in [-0.2, -0.15) is 0 Å². The average Bonchev–Trinajstić information content (AvgIpc) is 2.60. The first-order valence-corrected chi connectivity index (χ1v) is 8.06. The van der Waals surface area contributed by atoms with E-state index in [0.717, 1.165) is 13.0 Å². The van der Waals surface area contributed by atoms with Gasteiger partial charge in [-0.1, -0.05) is 37.3 Å². The molecule has 0 saturated heterocycles. The Morgan fingerprint density at radius 1 is 1.22 bits per heavy atom. The molecule has 0 saturated carbocycles. The molecule has 0 radical (unpaired) electrons. The number of aromatic nitrogens is 2. The second-order valence-corrected chi connectivity index (χ2v) is 5.52. The zero-order valence-electron chi connectivity index (χ0n) is 14.0. The summed E-state index contributed by atoms with van der Waals surface area (Å²) in [6.07, 6.45) is 2.53. The maximum absolute atomic E-state index is 12.2. The molecule has 5 nitrogen and oxygen atoms in total. The first kappa shape index (κ1) is 16.9. The first-order valence-electron chi connectivity index (χ1n) is 8.06. The lowest BCUT2D eigenvalue weighted by Gasteiger charge is -2.21. The Hall–Kier alpha value is -2.43. The Kier molecular flexibility index (Phi) is 6.09. The number of hydrogen-bond donors (Lipinski definition) is 1. The molecule has 23 heavy (non-hydrogen) atoms. The molecule has 122 valence electrons. The van der Waals surface area contributed by atoms with Crippen LogP contribution in [0.1, 0.15) is 43.2 Å². The van der Waals surface area contributed by atoms with Gasteiger partial charge in [0.1, 0.15) is 5.69 Å². The van der Waals surface area contributed by atoms with E-state index in [1.807, 2.05) is 32.0 Å². The summed E-state index contributed by atoms with van der Waals surface area (Å²) in [5.74, 6) is 0.423. The monoisotopic (exact) mass is 312 g/mol. The molecule has 5 heteroatoms. The Balaban J connectivity index is 2.15. The highest BCUT2D eigenvalue weighted by Crippen LogP contribution is 2.12. The van der Waals surface area contributed by atoms with E-state index in [-0.39, 0.29) is 11.9 Å². The van der Waals surface area contributed by atoms with E-state index in [9.17, 15) is 4.79 Å². The highest BCUT2D eigenvalue weighted by Gasteiger charge is 2.14. The third kappa shape index (κ3) is 4.77. The van der Waals surface area contributed by atoms with Gasteiger partial charge in [-0.15, -0.1) is 0 Å². The van der Waals surface area contributed by atoms with E-state index < -0.39 is 0 Å². The van der Waals surface area contributed by atoms with E-state index >= 15 is 0 Å². The Morgan fingerprint density at radius 3 is 2.61 bits per heavy atom. The number of carbonyl (C=O) groups excluding carboxylic acids is 1. The normalized spacial score (nSPS) is 11.8. The maximum atomic E-state index is 12.2. The minimum atomic E-state index is -0.154. The number of carbonyl (C=O) groups is 1. The number of nitrogens with zero attached hydrogens (tertiary/aromatic N) is 3. The fourth-order valence-electron chi connectivity index (χ4n) is 2.15. The molecule has 1 amide bonds. The lowest BCUT2D eigenvalue weighted by Crippen LogP contribution is -2.33. The molecule has 0 fully saturated rings. The number of benzene rings is 1. The van der Waals surface area contributed by atoms with Crippen LogP contribution < -0.4 is 10.2 Å². The van der Waals surface area contributed by atoms with Gasteiger partial charge >= 0.3 is 0 Å². The zero-order chi connectivity index (χ0) is 16.7. The standard InChI is InChI=1S/C18H24N4O/c1-4-14(3)20-17(23)16-11-12-19-18(21-16)22(5-2)13-15-9-7-6-8-10-15/h6-12,14H,4-5,13H2,1-3H3,(H,20,23). The van der Waals surface area contributed by atoms with Crippen molar-refractivity contribution in [1.82, 2.24) is 15.3 Å². The molecule has 0 aliphatic rings. The highest BCUT2D eigenvalue weighted by atomic mass is 16.1. The molecule has 0 aliphatic heterocycles. The van der Waals surface area contributed by atoms with Crippen molar-refractivity contribution in [1.29, 1.82) is 0 Å². The van der Waals surface area contributed by atoms with E-state index in [2.05, 4.69) is 39.2 Å². The minimum absolute atomic E-state index is 0.132. The predicted octanol–water partition coefficient (Wildman–Crippen LogP) is 3.03.